The van der Waals surface area contributed by atoms with Crippen molar-refractivity contribution in [1.82, 2.24) is 19.3 Å². The minimum atomic E-state index is -0.390. The summed E-state index contributed by atoms with van der Waals surface area (Å²) in [5.74, 6) is 2.16. The number of aryl methyl sites for hydroxylation is 2. The largest absolute Gasteiger partial charge is 0.443 e. The predicted octanol–water partition coefficient (Wildman–Crippen LogP) is 4.49. The van der Waals surface area contributed by atoms with E-state index in [4.69, 9.17) is 4.42 Å². The number of aromatic nitrogens is 4. The molecule has 4 aromatic rings. The van der Waals surface area contributed by atoms with Crippen molar-refractivity contribution >= 4 is 11.6 Å². The molecule has 1 aromatic carbocycles. The summed E-state index contributed by atoms with van der Waals surface area (Å²) in [5, 5.41) is 21.4. The van der Waals surface area contributed by atoms with Crippen molar-refractivity contribution in [1.29, 1.82) is 5.26 Å². The Labute approximate surface area is 185 Å². The lowest BCUT2D eigenvalue weighted by molar-refractivity contribution is 0.102. The van der Waals surface area contributed by atoms with Crippen LogP contribution >= 0.6 is 0 Å². The van der Waals surface area contributed by atoms with Crippen LogP contribution in [0.25, 0.3) is 17.3 Å². The maximum Gasteiger partial charge on any atom is 0.260 e. The number of hydrogen-bond donors (Lipinski definition) is 1. The summed E-state index contributed by atoms with van der Waals surface area (Å²) in [6, 6.07) is 13.3. The van der Waals surface area contributed by atoms with E-state index in [1.807, 2.05) is 36.4 Å². The Morgan fingerprint density at radius 1 is 1.16 bits per heavy atom. The summed E-state index contributed by atoms with van der Waals surface area (Å²) in [4.78, 5) is 13.1. The highest BCUT2D eigenvalue weighted by Gasteiger charge is 2.25. The van der Waals surface area contributed by atoms with E-state index in [0.717, 1.165) is 43.0 Å². The van der Waals surface area contributed by atoms with Crippen LogP contribution in [0.4, 0.5) is 5.69 Å². The van der Waals surface area contributed by atoms with Gasteiger partial charge in [-0.3, -0.25) is 9.36 Å². The van der Waals surface area contributed by atoms with Crippen molar-refractivity contribution in [3.05, 3.63) is 71.5 Å². The highest BCUT2D eigenvalue weighted by Crippen LogP contribution is 2.28. The molecule has 1 aliphatic heterocycles. The molecule has 8 heteroatoms. The van der Waals surface area contributed by atoms with Crippen molar-refractivity contribution in [2.24, 2.45) is 0 Å². The lowest BCUT2D eigenvalue weighted by Gasteiger charge is -2.09. The Hall–Kier alpha value is -4.12. The molecule has 0 fully saturated rings. The molecule has 5 rings (SSSR count). The first-order valence-electron chi connectivity index (χ1n) is 10.7. The Balaban J connectivity index is 1.45. The number of carbonyl (C=O) groups excluding carboxylic acids is 1. The van der Waals surface area contributed by atoms with Crippen LogP contribution in [0.15, 0.2) is 53.2 Å². The van der Waals surface area contributed by atoms with Crippen LogP contribution in [0.2, 0.25) is 0 Å². The number of fused-ring (bicyclic) bond motifs is 1. The third kappa shape index (κ3) is 3.48. The molecule has 0 aliphatic carbocycles. The zero-order valence-corrected chi connectivity index (χ0v) is 17.7. The summed E-state index contributed by atoms with van der Waals surface area (Å²) >= 11 is 0. The van der Waals surface area contributed by atoms with E-state index in [9.17, 15) is 10.1 Å². The highest BCUT2D eigenvalue weighted by molar-refractivity contribution is 6.07. The van der Waals surface area contributed by atoms with Crippen molar-refractivity contribution in [3.63, 3.8) is 0 Å². The topological polar surface area (TPSA) is 102 Å². The molecule has 0 atom stereocenters. The third-order valence-electron chi connectivity index (χ3n) is 5.73. The Bertz CT molecular complexity index is 1320. The summed E-state index contributed by atoms with van der Waals surface area (Å²) in [7, 11) is 0. The molecule has 0 saturated heterocycles. The molecule has 1 amide bonds. The molecule has 0 bridgehead atoms. The van der Waals surface area contributed by atoms with Gasteiger partial charge in [-0.15, -0.1) is 10.2 Å². The second-order valence-electron chi connectivity index (χ2n) is 7.85. The van der Waals surface area contributed by atoms with E-state index in [1.54, 1.807) is 23.9 Å². The smallest absolute Gasteiger partial charge is 0.260 e. The number of benzene rings is 1. The van der Waals surface area contributed by atoms with Crippen LogP contribution in [0.3, 0.4) is 0 Å². The number of hydrogen-bond acceptors (Lipinski definition) is 5. The van der Waals surface area contributed by atoms with E-state index in [0.29, 0.717) is 17.3 Å². The third-order valence-corrected chi connectivity index (χ3v) is 5.73. The number of nitrogens with one attached hydrogen (secondary N) is 1. The molecular weight excluding hydrogens is 404 g/mol. The second-order valence-corrected chi connectivity index (χ2v) is 7.85. The molecule has 0 spiro atoms. The van der Waals surface area contributed by atoms with Crippen LogP contribution in [-0.2, 0) is 13.0 Å². The van der Waals surface area contributed by atoms with Crippen LogP contribution in [-0.4, -0.2) is 25.2 Å². The zero-order valence-electron chi connectivity index (χ0n) is 17.7. The summed E-state index contributed by atoms with van der Waals surface area (Å²) < 4.78 is 9.61. The number of rotatable bonds is 4. The molecule has 1 N–H and O–H groups in total. The van der Waals surface area contributed by atoms with Gasteiger partial charge in [0.05, 0.1) is 0 Å². The minimum Gasteiger partial charge on any atom is -0.443 e. The van der Waals surface area contributed by atoms with E-state index < -0.39 is 5.91 Å². The molecule has 0 unspecified atom stereocenters. The van der Waals surface area contributed by atoms with Crippen LogP contribution < -0.4 is 5.32 Å². The van der Waals surface area contributed by atoms with Gasteiger partial charge < -0.3 is 14.3 Å². The molecule has 160 valence electrons. The van der Waals surface area contributed by atoms with Crippen molar-refractivity contribution in [3.8, 4) is 23.3 Å². The standard InChI is InChI=1S/C24H22N6O2/c1-16-21(19(15-25)24(32-16)29-11-5-6-12-29)23(31)26-18-9-7-8-17(14-18)22-28-27-20-10-3-2-4-13-30(20)22/h5-9,11-12,14H,2-4,10,13H2,1H3,(H,26,31). The van der Waals surface area contributed by atoms with Gasteiger partial charge in [-0.1, -0.05) is 18.6 Å². The first kappa shape index (κ1) is 19.8. The molecule has 3 aromatic heterocycles. The molecular formula is C24H22N6O2. The number of furan rings is 1. The quantitative estimate of drug-likeness (QED) is 0.518. The van der Waals surface area contributed by atoms with Gasteiger partial charge in [0.25, 0.3) is 5.91 Å². The maximum atomic E-state index is 13.1. The van der Waals surface area contributed by atoms with Crippen molar-refractivity contribution in [2.75, 3.05) is 5.32 Å². The van der Waals surface area contributed by atoms with Gasteiger partial charge in [0.2, 0.25) is 5.88 Å². The fraction of sp³-hybridized carbons (Fsp3) is 0.250. The average molecular weight is 426 g/mol. The monoisotopic (exact) mass is 426 g/mol. The fourth-order valence-electron chi connectivity index (χ4n) is 4.19. The number of nitriles is 1. The molecule has 8 nitrogen and oxygen atoms in total. The number of nitrogens with zero attached hydrogens (tertiary/aromatic N) is 5. The SMILES string of the molecule is Cc1oc(-n2cccc2)c(C#N)c1C(=O)Nc1cccc(-c2nnc3n2CCCCC3)c1. The van der Waals surface area contributed by atoms with Crippen molar-refractivity contribution < 1.29 is 9.21 Å². The predicted molar refractivity (Wildman–Crippen MR) is 118 cm³/mol. The molecule has 0 saturated carbocycles. The summed E-state index contributed by atoms with van der Waals surface area (Å²) in [5.41, 5.74) is 1.94. The lowest BCUT2D eigenvalue weighted by Crippen LogP contribution is -2.14. The van der Waals surface area contributed by atoms with Crippen molar-refractivity contribution in [2.45, 2.75) is 39.2 Å². The Kier molecular flexibility index (Phi) is 5.07. The molecule has 32 heavy (non-hydrogen) atoms. The van der Waals surface area contributed by atoms with E-state index >= 15 is 0 Å². The minimum absolute atomic E-state index is 0.204. The number of carbonyl (C=O) groups is 1. The van der Waals surface area contributed by atoms with Gasteiger partial charge in [0.15, 0.2) is 5.82 Å². The molecule has 1 aliphatic rings. The van der Waals surface area contributed by atoms with E-state index in [2.05, 4.69) is 26.2 Å². The second kappa shape index (κ2) is 8.19. The Morgan fingerprint density at radius 2 is 2.00 bits per heavy atom. The fourth-order valence-corrected chi connectivity index (χ4v) is 4.19. The first-order valence-corrected chi connectivity index (χ1v) is 10.7. The number of amides is 1. The van der Waals surface area contributed by atoms with Crippen LogP contribution in [0.5, 0.6) is 0 Å². The Morgan fingerprint density at radius 3 is 2.81 bits per heavy atom. The average Bonchev–Trinajstić information content (AvgIpc) is 3.49. The van der Waals surface area contributed by atoms with E-state index in [-0.39, 0.29) is 11.1 Å². The lowest BCUT2D eigenvalue weighted by atomic mass is 10.1. The van der Waals surface area contributed by atoms with Gasteiger partial charge in [0, 0.05) is 36.6 Å². The molecule has 0 radical (unpaired) electrons. The van der Waals surface area contributed by atoms with Gasteiger partial charge in [0.1, 0.15) is 28.8 Å². The molecule has 4 heterocycles. The maximum absolute atomic E-state index is 13.1. The highest BCUT2D eigenvalue weighted by atomic mass is 16.4. The summed E-state index contributed by atoms with van der Waals surface area (Å²) in [6.45, 7) is 2.58. The van der Waals surface area contributed by atoms with Gasteiger partial charge >= 0.3 is 0 Å². The van der Waals surface area contributed by atoms with Crippen LogP contribution in [0.1, 0.15) is 46.8 Å². The number of anilines is 1. The zero-order chi connectivity index (χ0) is 22.1. The van der Waals surface area contributed by atoms with Gasteiger partial charge in [-0.25, -0.2) is 0 Å². The van der Waals surface area contributed by atoms with E-state index in [1.165, 1.54) is 6.42 Å². The van der Waals surface area contributed by atoms with Gasteiger partial charge in [-0.2, -0.15) is 5.26 Å². The summed E-state index contributed by atoms with van der Waals surface area (Å²) in [6.07, 6.45) is 7.90. The normalized spacial score (nSPS) is 13.2. The first-order chi connectivity index (χ1) is 15.7. The van der Waals surface area contributed by atoms with Gasteiger partial charge in [-0.05, 0) is 44.0 Å². The van der Waals surface area contributed by atoms with Crippen LogP contribution in [0, 0.1) is 18.3 Å².